The molecule has 0 fully saturated rings. The van der Waals surface area contributed by atoms with Crippen LogP contribution in [0.2, 0.25) is 0 Å². The predicted octanol–water partition coefficient (Wildman–Crippen LogP) is 1.54. The molecular weight excluding hydrogens is 277 g/mol. The molecule has 2 heterocycles. The van der Waals surface area contributed by atoms with Crippen LogP contribution in [0.4, 0.5) is 10.1 Å². The summed E-state index contributed by atoms with van der Waals surface area (Å²) in [5.41, 5.74) is 6.23. The van der Waals surface area contributed by atoms with E-state index in [1.807, 2.05) is 0 Å². The average Bonchev–Trinajstić information content (AvgIpc) is 2.77. The number of aromatic nitrogens is 1. The molecule has 2 aromatic heterocycles. The first-order valence-electron chi connectivity index (χ1n) is 4.92. The van der Waals surface area contributed by atoms with Crippen LogP contribution in [0, 0.1) is 5.82 Å². The predicted molar refractivity (Wildman–Crippen MR) is 67.2 cm³/mol. The fourth-order valence-electron chi connectivity index (χ4n) is 1.27. The summed E-state index contributed by atoms with van der Waals surface area (Å²) in [6.45, 7) is 0.271. The van der Waals surface area contributed by atoms with Crippen molar-refractivity contribution in [1.82, 2.24) is 4.98 Å². The van der Waals surface area contributed by atoms with Gasteiger partial charge in [-0.3, -0.25) is 9.71 Å². The van der Waals surface area contributed by atoms with Gasteiger partial charge in [-0.25, -0.2) is 12.8 Å². The molecule has 0 saturated carbocycles. The van der Waals surface area contributed by atoms with Crippen molar-refractivity contribution < 1.29 is 12.8 Å². The van der Waals surface area contributed by atoms with Crippen LogP contribution in [-0.4, -0.2) is 13.4 Å². The summed E-state index contributed by atoms with van der Waals surface area (Å²) in [7, 11) is -3.71. The van der Waals surface area contributed by atoms with E-state index in [0.29, 0.717) is 0 Å². The fraction of sp³-hybridized carbons (Fsp3) is 0.100. The molecule has 0 radical (unpaired) electrons. The van der Waals surface area contributed by atoms with Gasteiger partial charge in [0.15, 0.2) is 0 Å². The lowest BCUT2D eigenvalue weighted by Crippen LogP contribution is -2.11. The van der Waals surface area contributed by atoms with Crippen molar-refractivity contribution in [3.63, 3.8) is 0 Å². The quantitative estimate of drug-likeness (QED) is 0.893. The Bertz CT molecular complexity index is 655. The Morgan fingerprint density at radius 2 is 2.17 bits per heavy atom. The second-order valence-electron chi connectivity index (χ2n) is 3.48. The number of nitrogens with zero attached hydrogens (tertiary/aromatic N) is 1. The van der Waals surface area contributed by atoms with Gasteiger partial charge < -0.3 is 5.73 Å². The van der Waals surface area contributed by atoms with Crippen LogP contribution < -0.4 is 10.5 Å². The lowest BCUT2D eigenvalue weighted by molar-refractivity contribution is 0.602. The minimum atomic E-state index is -3.71. The van der Waals surface area contributed by atoms with E-state index in [0.717, 1.165) is 29.2 Å². The van der Waals surface area contributed by atoms with Gasteiger partial charge in [-0.05, 0) is 17.0 Å². The Morgan fingerprint density at radius 3 is 2.78 bits per heavy atom. The molecule has 0 aromatic carbocycles. The minimum Gasteiger partial charge on any atom is -0.326 e. The lowest BCUT2D eigenvalue weighted by atomic mass is 10.4. The molecule has 0 spiro atoms. The largest absolute Gasteiger partial charge is 0.326 e. The molecule has 0 saturated heterocycles. The van der Waals surface area contributed by atoms with E-state index >= 15 is 0 Å². The zero-order chi connectivity index (χ0) is 13.2. The number of sulfonamides is 1. The third-order valence-electron chi connectivity index (χ3n) is 2.09. The van der Waals surface area contributed by atoms with Gasteiger partial charge in [0.1, 0.15) is 10.0 Å². The molecule has 0 bridgehead atoms. The smallest absolute Gasteiger partial charge is 0.271 e. The number of pyridine rings is 1. The molecule has 18 heavy (non-hydrogen) atoms. The first-order valence-corrected chi connectivity index (χ1v) is 7.28. The van der Waals surface area contributed by atoms with Gasteiger partial charge in [-0.1, -0.05) is 0 Å². The van der Waals surface area contributed by atoms with Crippen LogP contribution in [0.5, 0.6) is 0 Å². The molecular formula is C10H10FN3O2S2. The maximum absolute atomic E-state index is 12.9. The molecule has 0 aliphatic heterocycles. The molecule has 0 atom stereocenters. The van der Waals surface area contributed by atoms with E-state index in [9.17, 15) is 12.8 Å². The third kappa shape index (κ3) is 2.84. The van der Waals surface area contributed by atoms with Crippen molar-refractivity contribution in [3.8, 4) is 0 Å². The van der Waals surface area contributed by atoms with Gasteiger partial charge in [0, 0.05) is 12.6 Å². The normalized spacial score (nSPS) is 11.4. The summed E-state index contributed by atoms with van der Waals surface area (Å²) < 4.78 is 39.2. The van der Waals surface area contributed by atoms with Crippen LogP contribution in [0.3, 0.4) is 0 Å². The van der Waals surface area contributed by atoms with Crippen LogP contribution in [0.1, 0.15) is 5.56 Å². The van der Waals surface area contributed by atoms with Crippen molar-refractivity contribution in [3.05, 3.63) is 41.3 Å². The number of anilines is 1. The van der Waals surface area contributed by atoms with E-state index in [1.54, 1.807) is 5.38 Å². The van der Waals surface area contributed by atoms with Gasteiger partial charge in [-0.2, -0.15) is 0 Å². The zero-order valence-electron chi connectivity index (χ0n) is 9.13. The standard InChI is InChI=1S/C10H10FN3O2S2/c11-8-2-9(5-13-4-8)14-18(15,16)10-1-7(3-12)6-17-10/h1-2,4-6,14H,3,12H2. The molecule has 2 aromatic rings. The molecule has 3 N–H and O–H groups in total. The summed E-state index contributed by atoms with van der Waals surface area (Å²) in [5, 5.41) is 1.67. The minimum absolute atomic E-state index is 0.0812. The maximum atomic E-state index is 12.9. The van der Waals surface area contributed by atoms with Crippen LogP contribution in [-0.2, 0) is 16.6 Å². The Hall–Kier alpha value is -1.51. The first-order chi connectivity index (χ1) is 8.51. The number of rotatable bonds is 4. The van der Waals surface area contributed by atoms with Gasteiger partial charge in [-0.15, -0.1) is 11.3 Å². The highest BCUT2D eigenvalue weighted by molar-refractivity contribution is 7.94. The van der Waals surface area contributed by atoms with Crippen molar-refractivity contribution >= 4 is 27.0 Å². The van der Waals surface area contributed by atoms with Gasteiger partial charge >= 0.3 is 0 Å². The number of hydrogen-bond acceptors (Lipinski definition) is 5. The van der Waals surface area contributed by atoms with Crippen molar-refractivity contribution in [1.29, 1.82) is 0 Å². The Balaban J connectivity index is 2.27. The summed E-state index contributed by atoms with van der Waals surface area (Å²) in [6.07, 6.45) is 2.23. The number of thiophene rings is 1. The van der Waals surface area contributed by atoms with E-state index in [4.69, 9.17) is 5.73 Å². The highest BCUT2D eigenvalue weighted by atomic mass is 32.2. The highest BCUT2D eigenvalue weighted by Crippen LogP contribution is 2.22. The van der Waals surface area contributed by atoms with E-state index in [1.165, 1.54) is 12.3 Å². The summed E-state index contributed by atoms with van der Waals surface area (Å²) in [5.74, 6) is -0.607. The molecule has 0 aliphatic carbocycles. The molecule has 8 heteroatoms. The topological polar surface area (TPSA) is 85.1 Å². The van der Waals surface area contributed by atoms with Crippen molar-refractivity contribution in [2.75, 3.05) is 4.72 Å². The summed E-state index contributed by atoms with van der Waals surface area (Å²) >= 11 is 1.06. The molecule has 0 unspecified atom stereocenters. The molecule has 2 rings (SSSR count). The maximum Gasteiger partial charge on any atom is 0.271 e. The number of nitrogens with one attached hydrogen (secondary N) is 1. The average molecular weight is 287 g/mol. The second-order valence-corrected chi connectivity index (χ2v) is 6.30. The molecule has 5 nitrogen and oxygen atoms in total. The first kappa shape index (κ1) is 12.9. The van der Waals surface area contributed by atoms with Crippen molar-refractivity contribution in [2.24, 2.45) is 5.73 Å². The Labute approximate surface area is 108 Å². The SMILES string of the molecule is NCc1csc(S(=O)(=O)Nc2cncc(F)c2)c1. The highest BCUT2D eigenvalue weighted by Gasteiger charge is 2.17. The van der Waals surface area contributed by atoms with E-state index in [2.05, 4.69) is 9.71 Å². The van der Waals surface area contributed by atoms with Crippen LogP contribution in [0.15, 0.2) is 34.1 Å². The molecule has 0 amide bonds. The zero-order valence-corrected chi connectivity index (χ0v) is 10.8. The van der Waals surface area contributed by atoms with Crippen molar-refractivity contribution in [2.45, 2.75) is 10.8 Å². The van der Waals surface area contributed by atoms with Crippen LogP contribution in [0.25, 0.3) is 0 Å². The van der Waals surface area contributed by atoms with Gasteiger partial charge in [0.2, 0.25) is 0 Å². The summed E-state index contributed by atoms with van der Waals surface area (Å²) in [6, 6.07) is 2.54. The number of halogens is 1. The number of hydrogen-bond donors (Lipinski definition) is 2. The third-order valence-corrected chi connectivity index (χ3v) is 4.96. The molecule has 96 valence electrons. The lowest BCUT2D eigenvalue weighted by Gasteiger charge is -2.05. The van der Waals surface area contributed by atoms with E-state index < -0.39 is 15.8 Å². The fourth-order valence-corrected chi connectivity index (χ4v) is 3.53. The number of nitrogens with two attached hydrogens (primary N) is 1. The van der Waals surface area contributed by atoms with E-state index in [-0.39, 0.29) is 16.4 Å². The van der Waals surface area contributed by atoms with Gasteiger partial charge in [0.25, 0.3) is 10.0 Å². The monoisotopic (exact) mass is 287 g/mol. The Kier molecular flexibility index (Phi) is 3.60. The van der Waals surface area contributed by atoms with Gasteiger partial charge in [0.05, 0.1) is 18.1 Å². The second kappa shape index (κ2) is 5.01. The van der Waals surface area contributed by atoms with Crippen LogP contribution >= 0.6 is 11.3 Å². The molecule has 0 aliphatic rings. The Morgan fingerprint density at radius 1 is 1.39 bits per heavy atom. The summed E-state index contributed by atoms with van der Waals surface area (Å²) in [4.78, 5) is 3.56.